The minimum Gasteiger partial charge on any atom is -0.354 e. The summed E-state index contributed by atoms with van der Waals surface area (Å²) in [5.41, 5.74) is 1.65. The van der Waals surface area contributed by atoms with E-state index in [0.29, 0.717) is 34.3 Å². The number of anilines is 1. The Hall–Kier alpha value is -1.81. The molecule has 0 aliphatic heterocycles. The van der Waals surface area contributed by atoms with Gasteiger partial charge in [0.2, 0.25) is 21.8 Å². The molecule has 0 aromatic heterocycles. The lowest BCUT2D eigenvalue weighted by Crippen LogP contribution is -2.52. The number of carbonyl (C=O) groups is 2. The molecule has 7 nitrogen and oxygen atoms in total. The van der Waals surface area contributed by atoms with Crippen molar-refractivity contribution < 1.29 is 18.0 Å². The lowest BCUT2D eigenvalue weighted by molar-refractivity contribution is -0.140. The van der Waals surface area contributed by atoms with E-state index in [1.165, 1.54) is 4.90 Å². The van der Waals surface area contributed by atoms with Crippen LogP contribution in [0.2, 0.25) is 10.0 Å². The molecule has 2 rings (SSSR count). The summed E-state index contributed by atoms with van der Waals surface area (Å²) in [5, 5.41) is 3.58. The number of carbonyl (C=O) groups excluding carboxylic acids is 2. The van der Waals surface area contributed by atoms with Crippen LogP contribution in [0.5, 0.6) is 0 Å². The number of nitrogens with zero attached hydrogens (tertiary/aromatic N) is 2. The number of hydrogen-bond donors (Lipinski definition) is 1. The molecule has 0 heterocycles. The zero-order valence-corrected chi connectivity index (χ0v) is 24.8. The third kappa shape index (κ3) is 8.10. The van der Waals surface area contributed by atoms with Gasteiger partial charge in [-0.1, -0.05) is 65.5 Å². The van der Waals surface area contributed by atoms with Gasteiger partial charge in [-0.25, -0.2) is 8.42 Å². The third-order valence-corrected chi connectivity index (χ3v) is 8.45. The molecule has 0 saturated heterocycles. The maximum Gasteiger partial charge on any atom is 0.244 e. The first-order valence-corrected chi connectivity index (χ1v) is 15.0. The first-order valence-electron chi connectivity index (χ1n) is 11.6. The lowest BCUT2D eigenvalue weighted by Gasteiger charge is -2.33. The van der Waals surface area contributed by atoms with Crippen LogP contribution in [0.25, 0.3) is 0 Å². The number of hydrogen-bond acceptors (Lipinski definition) is 4. The minimum atomic E-state index is -3.82. The Bertz CT molecular complexity index is 1170. The van der Waals surface area contributed by atoms with Gasteiger partial charge in [-0.2, -0.15) is 0 Å². The van der Waals surface area contributed by atoms with Crippen LogP contribution in [-0.2, 0) is 26.2 Å². The number of halogens is 3. The molecule has 0 bridgehead atoms. The molecule has 0 aliphatic carbocycles. The van der Waals surface area contributed by atoms with Crippen LogP contribution in [0, 0.1) is 6.92 Å². The topological polar surface area (TPSA) is 86.8 Å². The summed E-state index contributed by atoms with van der Waals surface area (Å²) < 4.78 is 27.3. The summed E-state index contributed by atoms with van der Waals surface area (Å²) >= 11 is 16.2. The van der Waals surface area contributed by atoms with Gasteiger partial charge in [0.25, 0.3) is 0 Å². The van der Waals surface area contributed by atoms with Crippen LogP contribution < -0.4 is 9.62 Å². The van der Waals surface area contributed by atoms with Gasteiger partial charge in [0.15, 0.2) is 0 Å². The highest BCUT2D eigenvalue weighted by molar-refractivity contribution is 9.10. The first kappa shape index (κ1) is 30.4. The summed E-state index contributed by atoms with van der Waals surface area (Å²) in [6.07, 6.45) is 3.08. The van der Waals surface area contributed by atoms with E-state index in [1.807, 2.05) is 13.8 Å². The molecule has 0 unspecified atom stereocenters. The van der Waals surface area contributed by atoms with Crippen LogP contribution in [-0.4, -0.2) is 50.5 Å². The smallest absolute Gasteiger partial charge is 0.244 e. The van der Waals surface area contributed by atoms with Crippen LogP contribution in [0.15, 0.2) is 40.9 Å². The van der Waals surface area contributed by atoms with E-state index in [1.54, 1.807) is 43.3 Å². The molecule has 2 aromatic carbocycles. The molecular weight excluding hydrogens is 589 g/mol. The Kier molecular flexibility index (Phi) is 11.5. The number of unbranched alkanes of at least 4 members (excludes halogenated alkanes) is 1. The Morgan fingerprint density at radius 1 is 1.11 bits per heavy atom. The monoisotopic (exact) mass is 619 g/mol. The molecule has 1 N–H and O–H groups in total. The minimum absolute atomic E-state index is 0.0476. The van der Waals surface area contributed by atoms with Crippen molar-refractivity contribution in [2.75, 3.05) is 23.7 Å². The van der Waals surface area contributed by atoms with Gasteiger partial charge in [-0.3, -0.25) is 13.9 Å². The van der Waals surface area contributed by atoms with Crippen molar-refractivity contribution in [1.29, 1.82) is 0 Å². The van der Waals surface area contributed by atoms with E-state index in [0.717, 1.165) is 33.4 Å². The standard InChI is InChI=1S/C25H32BrCl2N3O4S/c1-5-7-13-29-25(33)23(6-2)30(15-19-21(27)9-8-10-22(19)28)24(32)16-31(36(4,34)35)18-11-12-20(26)17(3)14-18/h8-12,14,23H,5-7,13,15-16H2,1-4H3,(H,29,33)/t23-/m1/s1. The zero-order valence-electron chi connectivity index (χ0n) is 20.9. The van der Waals surface area contributed by atoms with Crippen molar-refractivity contribution in [2.24, 2.45) is 0 Å². The van der Waals surface area contributed by atoms with Crippen LogP contribution >= 0.6 is 39.1 Å². The highest BCUT2D eigenvalue weighted by atomic mass is 79.9. The van der Waals surface area contributed by atoms with Crippen molar-refractivity contribution in [1.82, 2.24) is 10.2 Å². The van der Waals surface area contributed by atoms with Crippen LogP contribution in [0.3, 0.4) is 0 Å². The fourth-order valence-electron chi connectivity index (χ4n) is 3.68. The Balaban J connectivity index is 2.48. The van der Waals surface area contributed by atoms with Gasteiger partial charge >= 0.3 is 0 Å². The quantitative estimate of drug-likeness (QED) is 0.315. The molecule has 0 spiro atoms. The number of aryl methyl sites for hydroxylation is 1. The third-order valence-electron chi connectivity index (χ3n) is 5.71. The summed E-state index contributed by atoms with van der Waals surface area (Å²) in [4.78, 5) is 28.2. The van der Waals surface area contributed by atoms with E-state index < -0.39 is 28.5 Å². The number of sulfonamides is 1. The van der Waals surface area contributed by atoms with Crippen molar-refractivity contribution in [3.8, 4) is 0 Å². The van der Waals surface area contributed by atoms with Crippen molar-refractivity contribution >= 4 is 66.7 Å². The number of rotatable bonds is 12. The number of benzene rings is 2. The van der Waals surface area contributed by atoms with Gasteiger partial charge < -0.3 is 10.2 Å². The molecule has 2 amide bonds. The molecule has 0 radical (unpaired) electrons. The summed E-state index contributed by atoms with van der Waals surface area (Å²) in [5.74, 6) is -0.859. The average Bonchev–Trinajstić information content (AvgIpc) is 2.80. The SMILES string of the molecule is CCCCNC(=O)[C@@H](CC)N(Cc1c(Cl)cccc1Cl)C(=O)CN(c1ccc(Br)c(C)c1)S(C)(=O)=O. The van der Waals surface area contributed by atoms with Gasteiger partial charge in [-0.15, -0.1) is 0 Å². The largest absolute Gasteiger partial charge is 0.354 e. The maximum absolute atomic E-state index is 13.7. The van der Waals surface area contributed by atoms with Crippen molar-refractivity contribution in [3.63, 3.8) is 0 Å². The Morgan fingerprint density at radius 2 is 1.75 bits per heavy atom. The van der Waals surface area contributed by atoms with E-state index >= 15 is 0 Å². The van der Waals surface area contributed by atoms with E-state index in [9.17, 15) is 18.0 Å². The summed E-state index contributed by atoms with van der Waals surface area (Å²) in [7, 11) is -3.82. The molecule has 11 heteroatoms. The van der Waals surface area contributed by atoms with Gasteiger partial charge in [-0.05, 0) is 55.7 Å². The number of amides is 2. The second kappa shape index (κ2) is 13.7. The fraction of sp³-hybridized carbons (Fsp3) is 0.440. The predicted molar refractivity (Wildman–Crippen MR) is 150 cm³/mol. The van der Waals surface area contributed by atoms with E-state index in [-0.39, 0.29) is 12.5 Å². The molecule has 1 atom stereocenters. The summed E-state index contributed by atoms with van der Waals surface area (Å²) in [6, 6.07) is 9.19. The predicted octanol–water partition coefficient (Wildman–Crippen LogP) is 5.55. The molecule has 198 valence electrons. The van der Waals surface area contributed by atoms with Crippen LogP contribution in [0.4, 0.5) is 5.69 Å². The summed E-state index contributed by atoms with van der Waals surface area (Å²) in [6.45, 7) is 5.59. The highest BCUT2D eigenvalue weighted by Crippen LogP contribution is 2.28. The lowest BCUT2D eigenvalue weighted by atomic mass is 10.1. The van der Waals surface area contributed by atoms with Gasteiger partial charge in [0.1, 0.15) is 12.6 Å². The second-order valence-corrected chi connectivity index (χ2v) is 12.1. The molecule has 0 aliphatic rings. The second-order valence-electron chi connectivity index (χ2n) is 8.49. The normalized spacial score (nSPS) is 12.2. The first-order chi connectivity index (χ1) is 16.9. The highest BCUT2D eigenvalue weighted by Gasteiger charge is 2.32. The molecular formula is C25H32BrCl2N3O4S. The maximum atomic E-state index is 13.7. The fourth-order valence-corrected chi connectivity index (χ4v) is 5.28. The molecule has 2 aromatic rings. The molecule has 0 fully saturated rings. The van der Waals surface area contributed by atoms with Crippen molar-refractivity contribution in [3.05, 3.63) is 62.0 Å². The average molecular weight is 621 g/mol. The zero-order chi connectivity index (χ0) is 27.0. The Labute approximate surface area is 232 Å². The van der Waals surface area contributed by atoms with E-state index in [2.05, 4.69) is 21.2 Å². The molecule has 0 saturated carbocycles. The van der Waals surface area contributed by atoms with Gasteiger partial charge in [0.05, 0.1) is 11.9 Å². The van der Waals surface area contributed by atoms with Crippen molar-refractivity contribution in [2.45, 2.75) is 52.6 Å². The van der Waals surface area contributed by atoms with E-state index in [4.69, 9.17) is 23.2 Å². The van der Waals surface area contributed by atoms with Gasteiger partial charge in [0, 0.05) is 33.2 Å². The van der Waals surface area contributed by atoms with Crippen LogP contribution in [0.1, 0.15) is 44.2 Å². The molecule has 36 heavy (non-hydrogen) atoms. The Morgan fingerprint density at radius 3 is 2.28 bits per heavy atom. The number of nitrogens with one attached hydrogen (secondary N) is 1.